The number of nitrogens with zero attached hydrogens (tertiary/aromatic N) is 4. The van der Waals surface area contributed by atoms with Gasteiger partial charge in [-0.1, -0.05) is 0 Å². The topological polar surface area (TPSA) is 125 Å². The Morgan fingerprint density at radius 1 is 1.32 bits per heavy atom. The number of hydrogen-bond donors (Lipinski definition) is 1. The Balaban J connectivity index is 1.66. The third-order valence-electron chi connectivity index (χ3n) is 5.06. The molecule has 11 heteroatoms. The molecule has 1 unspecified atom stereocenters. The number of aryl methyl sites for hydroxylation is 1. The van der Waals surface area contributed by atoms with Gasteiger partial charge in [-0.15, -0.1) is 15.1 Å². The first-order valence-electron chi connectivity index (χ1n) is 8.78. The van der Waals surface area contributed by atoms with Crippen LogP contribution in [0, 0.1) is 12.8 Å². The van der Waals surface area contributed by atoms with Crippen LogP contribution < -0.4 is 4.72 Å². The van der Waals surface area contributed by atoms with Crippen LogP contribution in [0.1, 0.15) is 31.5 Å². The number of urea groups is 1. The largest absolute Gasteiger partial charge is 0.501 e. The standard InChI is InChI=1S/C17H20N5O5S/c1-10-18-19-14(27-10)9-22-15(23)12-8-11(4-5-13(12)21(3)16(22)24)28(25,26)20-17(2)6-7-17/h4-5,8,12,20H,6-7,9H2,1-3H3/q+1. The summed E-state index contributed by atoms with van der Waals surface area (Å²) < 4.78 is 34.6. The highest BCUT2D eigenvalue weighted by atomic mass is 32.2. The molecule has 0 saturated heterocycles. The van der Waals surface area contributed by atoms with E-state index < -0.39 is 33.4 Å². The molecule has 1 N–H and O–H groups in total. The first kappa shape index (κ1) is 18.7. The van der Waals surface area contributed by atoms with E-state index in [1.54, 1.807) is 6.92 Å². The third-order valence-corrected chi connectivity index (χ3v) is 6.71. The highest BCUT2D eigenvalue weighted by molar-refractivity contribution is 7.93. The van der Waals surface area contributed by atoms with Crippen molar-refractivity contribution in [3.63, 3.8) is 0 Å². The molecule has 2 aliphatic carbocycles. The van der Waals surface area contributed by atoms with Crippen LogP contribution in [0.2, 0.25) is 0 Å². The third kappa shape index (κ3) is 3.20. The summed E-state index contributed by atoms with van der Waals surface area (Å²) in [6.07, 6.45) is 5.84. The smallest absolute Gasteiger partial charge is 0.421 e. The Kier molecular flexibility index (Phi) is 4.12. The fourth-order valence-electron chi connectivity index (χ4n) is 3.18. The Hall–Kier alpha value is -2.66. The Morgan fingerprint density at radius 3 is 2.64 bits per heavy atom. The van der Waals surface area contributed by atoms with Gasteiger partial charge in [0.15, 0.2) is 6.54 Å². The van der Waals surface area contributed by atoms with Gasteiger partial charge in [-0.25, -0.2) is 17.9 Å². The number of fused-ring (bicyclic) bond motifs is 1. The number of aromatic nitrogens is 2. The van der Waals surface area contributed by atoms with Gasteiger partial charge in [-0.2, -0.15) is 9.37 Å². The zero-order valence-electron chi connectivity index (χ0n) is 15.7. The molecule has 1 aromatic heterocycles. The van der Waals surface area contributed by atoms with Crippen molar-refractivity contribution < 1.29 is 27.0 Å². The number of carbonyl (C=O) groups excluding carboxylic acids is 2. The quantitative estimate of drug-likeness (QED) is 0.704. The van der Waals surface area contributed by atoms with E-state index in [1.807, 2.05) is 6.92 Å². The van der Waals surface area contributed by atoms with Crippen LogP contribution in [0.25, 0.3) is 0 Å². The number of sulfonamides is 1. The van der Waals surface area contributed by atoms with Gasteiger partial charge in [0.1, 0.15) is 11.6 Å². The molecule has 0 spiro atoms. The van der Waals surface area contributed by atoms with Gasteiger partial charge >= 0.3 is 11.9 Å². The van der Waals surface area contributed by atoms with Crippen LogP contribution in [0.15, 0.2) is 27.6 Å². The van der Waals surface area contributed by atoms with Crippen molar-refractivity contribution in [3.05, 3.63) is 34.9 Å². The van der Waals surface area contributed by atoms with Gasteiger partial charge in [-0.05, 0) is 38.0 Å². The summed E-state index contributed by atoms with van der Waals surface area (Å²) in [5.74, 6) is -0.984. The molecule has 1 saturated carbocycles. The first-order chi connectivity index (χ1) is 13.1. The van der Waals surface area contributed by atoms with Crippen molar-refractivity contribution in [2.45, 2.75) is 38.8 Å². The predicted molar refractivity (Wildman–Crippen MR) is 96.6 cm³/mol. The second-order valence-electron chi connectivity index (χ2n) is 7.45. The summed E-state index contributed by atoms with van der Waals surface area (Å²) in [6.45, 7) is 3.26. The van der Waals surface area contributed by atoms with Gasteiger partial charge < -0.3 is 4.42 Å². The van der Waals surface area contributed by atoms with Crippen LogP contribution in [-0.4, -0.2) is 58.3 Å². The Labute approximate surface area is 161 Å². The van der Waals surface area contributed by atoms with Crippen molar-refractivity contribution in [1.82, 2.24) is 19.8 Å². The fourth-order valence-corrected chi connectivity index (χ4v) is 4.72. The highest BCUT2D eigenvalue weighted by Crippen LogP contribution is 2.36. The number of nitrogens with one attached hydrogen (secondary N) is 1. The number of hydrogen-bond acceptors (Lipinski definition) is 7. The Morgan fingerprint density at radius 2 is 2.04 bits per heavy atom. The molecule has 28 heavy (non-hydrogen) atoms. The van der Waals surface area contributed by atoms with E-state index >= 15 is 0 Å². The highest BCUT2D eigenvalue weighted by Gasteiger charge is 2.48. The summed E-state index contributed by atoms with van der Waals surface area (Å²) in [7, 11) is -2.23. The van der Waals surface area contributed by atoms with Gasteiger partial charge in [0, 0.05) is 12.5 Å². The number of rotatable bonds is 5. The van der Waals surface area contributed by atoms with E-state index in [9.17, 15) is 18.0 Å². The van der Waals surface area contributed by atoms with Crippen LogP contribution >= 0.6 is 0 Å². The summed E-state index contributed by atoms with van der Waals surface area (Å²) in [5, 5.41) is 7.51. The lowest BCUT2D eigenvalue weighted by Crippen LogP contribution is -2.53. The molecule has 10 nitrogen and oxygen atoms in total. The molecular formula is C17H20N5O5S+. The molecule has 1 atom stereocenters. The molecule has 0 radical (unpaired) electrons. The molecule has 3 amide bonds. The summed E-state index contributed by atoms with van der Waals surface area (Å²) >= 11 is 0. The molecule has 3 aliphatic rings. The van der Waals surface area contributed by atoms with Crippen molar-refractivity contribution >= 4 is 27.7 Å². The van der Waals surface area contributed by atoms with Crippen molar-refractivity contribution in [2.24, 2.45) is 5.92 Å². The zero-order valence-corrected chi connectivity index (χ0v) is 16.5. The normalized spacial score (nSPS) is 23.8. The first-order valence-corrected chi connectivity index (χ1v) is 10.3. The van der Waals surface area contributed by atoms with E-state index in [-0.39, 0.29) is 17.3 Å². The van der Waals surface area contributed by atoms with Gasteiger partial charge in [-0.3, -0.25) is 0 Å². The molecule has 148 valence electrons. The van der Waals surface area contributed by atoms with Crippen LogP contribution in [-0.2, 0) is 21.4 Å². The minimum Gasteiger partial charge on any atom is -0.421 e. The second kappa shape index (κ2) is 6.17. The van der Waals surface area contributed by atoms with E-state index in [2.05, 4.69) is 14.9 Å². The molecule has 1 aliphatic heterocycles. The molecule has 2 heterocycles. The van der Waals surface area contributed by atoms with Gasteiger partial charge in [0.2, 0.25) is 15.9 Å². The summed E-state index contributed by atoms with van der Waals surface area (Å²) in [5.41, 5.74) is -0.00702. The molecular weight excluding hydrogens is 386 g/mol. The second-order valence-corrected chi connectivity index (χ2v) is 9.13. The van der Waals surface area contributed by atoms with E-state index in [1.165, 1.54) is 29.9 Å². The lowest BCUT2D eigenvalue weighted by molar-refractivity contribution is -0.406. The van der Waals surface area contributed by atoms with E-state index in [4.69, 9.17) is 4.42 Å². The molecule has 1 aromatic rings. The monoisotopic (exact) mass is 406 g/mol. The molecule has 4 rings (SSSR count). The number of imide groups is 1. The maximum Gasteiger partial charge on any atom is 0.501 e. The maximum atomic E-state index is 13.0. The number of carbonyl (C=O) groups is 2. The minimum absolute atomic E-state index is 0.0130. The predicted octanol–water partition coefficient (Wildman–Crippen LogP) is 0.465. The van der Waals surface area contributed by atoms with Crippen LogP contribution in [0.3, 0.4) is 0 Å². The van der Waals surface area contributed by atoms with Crippen LogP contribution in [0.4, 0.5) is 4.79 Å². The number of allylic oxidation sites excluding steroid dienone is 2. The summed E-state index contributed by atoms with van der Waals surface area (Å²) in [6, 6.07) is -0.542. The molecule has 1 fully saturated rings. The Bertz CT molecular complexity index is 1080. The molecule has 0 bridgehead atoms. The summed E-state index contributed by atoms with van der Waals surface area (Å²) in [4.78, 5) is 26.6. The zero-order chi connectivity index (χ0) is 20.3. The molecule has 0 aromatic carbocycles. The average Bonchev–Trinajstić information content (AvgIpc) is 3.20. The van der Waals surface area contributed by atoms with Gasteiger partial charge in [0.25, 0.3) is 5.89 Å². The minimum atomic E-state index is -3.76. The lowest BCUT2D eigenvalue weighted by Gasteiger charge is -2.26. The van der Waals surface area contributed by atoms with E-state index in [0.717, 1.165) is 17.7 Å². The van der Waals surface area contributed by atoms with Gasteiger partial charge in [0.05, 0.1) is 12.0 Å². The van der Waals surface area contributed by atoms with E-state index in [0.29, 0.717) is 11.6 Å². The maximum absolute atomic E-state index is 13.0. The average molecular weight is 406 g/mol. The lowest BCUT2D eigenvalue weighted by atomic mass is 9.94. The number of amides is 3. The van der Waals surface area contributed by atoms with Crippen molar-refractivity contribution in [3.8, 4) is 0 Å². The van der Waals surface area contributed by atoms with Crippen LogP contribution in [0.5, 0.6) is 0 Å². The SMILES string of the molecule is Cc1nnc(CN2C(=O)C3C=C(S(=O)(=O)NC4(C)CC4)C=CC3=[N+](C)C2=O)o1. The van der Waals surface area contributed by atoms with Crippen molar-refractivity contribution in [1.29, 1.82) is 0 Å². The van der Waals surface area contributed by atoms with Crippen molar-refractivity contribution in [2.75, 3.05) is 7.05 Å². The fraction of sp³-hybridized carbons (Fsp3) is 0.471.